The number of carbonyl (C=O) groups excluding carboxylic acids is 2. The first-order valence-corrected chi connectivity index (χ1v) is 11.9. The fourth-order valence-corrected chi connectivity index (χ4v) is 4.63. The molecule has 3 aromatic carbocycles. The monoisotopic (exact) mass is 473 g/mol. The van der Waals surface area contributed by atoms with E-state index >= 15 is 0 Å². The molecule has 2 aliphatic rings. The van der Waals surface area contributed by atoms with E-state index in [1.807, 2.05) is 6.07 Å². The van der Waals surface area contributed by atoms with Crippen molar-refractivity contribution >= 4 is 17.5 Å². The first-order chi connectivity index (χ1) is 17.0. The Bertz CT molecular complexity index is 1190. The van der Waals surface area contributed by atoms with Gasteiger partial charge >= 0.3 is 0 Å². The maximum atomic E-state index is 13.3. The number of piperidine rings is 1. The molecule has 0 atom stereocenters. The average molecular weight is 474 g/mol. The number of halogens is 1. The van der Waals surface area contributed by atoms with Crippen molar-refractivity contribution in [1.29, 1.82) is 0 Å². The highest BCUT2D eigenvalue weighted by Crippen LogP contribution is 2.34. The number of ether oxygens (including phenoxy) is 1. The molecular weight excluding hydrogens is 445 g/mol. The molecule has 1 fully saturated rings. The van der Waals surface area contributed by atoms with E-state index in [4.69, 9.17) is 4.74 Å². The molecule has 0 saturated carbocycles. The lowest BCUT2D eigenvalue weighted by Crippen LogP contribution is -2.44. The Morgan fingerprint density at radius 3 is 2.40 bits per heavy atom. The molecule has 5 rings (SSSR count). The highest BCUT2D eigenvalue weighted by molar-refractivity contribution is 6.01. The minimum Gasteiger partial charge on any atom is -0.482 e. The zero-order valence-corrected chi connectivity index (χ0v) is 19.5. The molecule has 2 amide bonds. The largest absolute Gasteiger partial charge is 0.482 e. The highest BCUT2D eigenvalue weighted by Gasteiger charge is 2.28. The highest BCUT2D eigenvalue weighted by atomic mass is 19.1. The topological polar surface area (TPSA) is 61.9 Å². The number of hydrogen-bond acceptors (Lipinski definition) is 4. The molecule has 6 nitrogen and oxygen atoms in total. The second-order valence-electron chi connectivity index (χ2n) is 9.09. The molecule has 0 radical (unpaired) electrons. The van der Waals surface area contributed by atoms with Crippen molar-refractivity contribution in [2.75, 3.05) is 24.6 Å². The molecule has 0 aromatic heterocycles. The van der Waals surface area contributed by atoms with Crippen LogP contribution in [0.25, 0.3) is 0 Å². The standard InChI is InChI=1S/C28H28FN3O3/c29-23-9-6-21(7-10-23)18-32-25-16-22(8-11-26(25)35-19-27(32)33)28(34)30-24-12-14-31(15-13-24)17-20-4-2-1-3-5-20/h1-11,16,24H,12-15,17-19H2,(H,30,34). The summed E-state index contributed by atoms with van der Waals surface area (Å²) < 4.78 is 18.9. The number of likely N-dealkylation sites (tertiary alicyclic amines) is 1. The van der Waals surface area contributed by atoms with Gasteiger partial charge < -0.3 is 15.0 Å². The van der Waals surface area contributed by atoms with Crippen LogP contribution in [-0.2, 0) is 17.9 Å². The minimum atomic E-state index is -0.327. The summed E-state index contributed by atoms with van der Waals surface area (Å²) in [5, 5.41) is 3.16. The maximum Gasteiger partial charge on any atom is 0.265 e. The molecule has 0 aliphatic carbocycles. The lowest BCUT2D eigenvalue weighted by atomic mass is 10.0. The van der Waals surface area contributed by atoms with Crippen LogP contribution in [-0.4, -0.2) is 42.5 Å². The quantitative estimate of drug-likeness (QED) is 0.585. The molecule has 3 aromatic rings. The summed E-state index contributed by atoms with van der Waals surface area (Å²) in [6, 6.07) is 21.7. The Balaban J connectivity index is 1.23. The molecule has 1 N–H and O–H groups in total. The van der Waals surface area contributed by atoms with Crippen LogP contribution in [0.4, 0.5) is 10.1 Å². The molecule has 35 heavy (non-hydrogen) atoms. The fraction of sp³-hybridized carbons (Fsp3) is 0.286. The molecule has 2 heterocycles. The number of amides is 2. The second kappa shape index (κ2) is 10.3. The predicted molar refractivity (Wildman–Crippen MR) is 132 cm³/mol. The summed E-state index contributed by atoms with van der Waals surface area (Å²) in [5.74, 6) is -0.135. The van der Waals surface area contributed by atoms with Crippen LogP contribution in [0.2, 0.25) is 0 Å². The first-order valence-electron chi connectivity index (χ1n) is 11.9. The van der Waals surface area contributed by atoms with E-state index in [1.54, 1.807) is 35.2 Å². The molecule has 0 spiro atoms. The molecule has 0 unspecified atom stereocenters. The third kappa shape index (κ3) is 5.52. The number of rotatable bonds is 6. The number of nitrogens with zero attached hydrogens (tertiary/aromatic N) is 2. The van der Waals surface area contributed by atoms with Crippen LogP contribution in [0.15, 0.2) is 72.8 Å². The van der Waals surface area contributed by atoms with Crippen LogP contribution in [0.5, 0.6) is 5.75 Å². The van der Waals surface area contributed by atoms with Gasteiger partial charge in [-0.3, -0.25) is 14.5 Å². The lowest BCUT2D eigenvalue weighted by Gasteiger charge is -2.32. The molecule has 0 bridgehead atoms. The van der Waals surface area contributed by atoms with Gasteiger partial charge in [0.1, 0.15) is 11.6 Å². The second-order valence-corrected chi connectivity index (χ2v) is 9.09. The number of fused-ring (bicyclic) bond motifs is 1. The van der Waals surface area contributed by atoms with Gasteiger partial charge in [-0.1, -0.05) is 42.5 Å². The van der Waals surface area contributed by atoms with Crippen LogP contribution in [0, 0.1) is 5.82 Å². The van der Waals surface area contributed by atoms with Gasteiger partial charge in [-0.05, 0) is 54.3 Å². The number of carbonyl (C=O) groups is 2. The van der Waals surface area contributed by atoms with E-state index in [9.17, 15) is 14.0 Å². The number of hydrogen-bond donors (Lipinski definition) is 1. The van der Waals surface area contributed by atoms with Crippen LogP contribution < -0.4 is 15.0 Å². The number of nitrogens with one attached hydrogen (secondary N) is 1. The van der Waals surface area contributed by atoms with Crippen molar-refractivity contribution in [2.24, 2.45) is 0 Å². The van der Waals surface area contributed by atoms with Crippen molar-refractivity contribution in [2.45, 2.75) is 32.0 Å². The van der Waals surface area contributed by atoms with Crippen LogP contribution in [0.1, 0.15) is 34.3 Å². The molecule has 7 heteroatoms. The van der Waals surface area contributed by atoms with Crippen molar-refractivity contribution < 1.29 is 18.7 Å². The van der Waals surface area contributed by atoms with Crippen molar-refractivity contribution in [1.82, 2.24) is 10.2 Å². The van der Waals surface area contributed by atoms with Gasteiger partial charge in [-0.2, -0.15) is 0 Å². The zero-order valence-electron chi connectivity index (χ0n) is 19.5. The fourth-order valence-electron chi connectivity index (χ4n) is 4.63. The molecule has 1 saturated heterocycles. The van der Waals surface area contributed by atoms with Crippen LogP contribution in [0.3, 0.4) is 0 Å². The van der Waals surface area contributed by atoms with Gasteiger partial charge in [0.2, 0.25) is 0 Å². The average Bonchev–Trinajstić information content (AvgIpc) is 2.88. The van der Waals surface area contributed by atoms with Crippen molar-refractivity contribution in [3.05, 3.63) is 95.3 Å². The Morgan fingerprint density at radius 2 is 1.66 bits per heavy atom. The third-order valence-electron chi connectivity index (χ3n) is 6.59. The van der Waals surface area contributed by atoms with E-state index in [-0.39, 0.29) is 36.8 Å². The van der Waals surface area contributed by atoms with E-state index in [2.05, 4.69) is 34.5 Å². The summed E-state index contributed by atoms with van der Waals surface area (Å²) >= 11 is 0. The van der Waals surface area contributed by atoms with E-state index in [1.165, 1.54) is 17.7 Å². The minimum absolute atomic E-state index is 0.0682. The summed E-state index contributed by atoms with van der Waals surface area (Å²) in [6.45, 7) is 2.99. The predicted octanol–water partition coefficient (Wildman–Crippen LogP) is 4.15. The summed E-state index contributed by atoms with van der Waals surface area (Å²) in [5.41, 5.74) is 3.13. The Kier molecular flexibility index (Phi) is 6.77. The zero-order chi connectivity index (χ0) is 24.2. The van der Waals surface area contributed by atoms with Gasteiger partial charge in [0, 0.05) is 31.2 Å². The Morgan fingerprint density at radius 1 is 0.943 bits per heavy atom. The van der Waals surface area contributed by atoms with Gasteiger partial charge in [-0.25, -0.2) is 4.39 Å². The summed E-state index contributed by atoms with van der Waals surface area (Å²) in [6.07, 6.45) is 1.78. The number of anilines is 1. The van der Waals surface area contributed by atoms with Gasteiger partial charge in [-0.15, -0.1) is 0 Å². The Hall–Kier alpha value is -3.71. The number of benzene rings is 3. The smallest absolute Gasteiger partial charge is 0.265 e. The maximum absolute atomic E-state index is 13.3. The van der Waals surface area contributed by atoms with Crippen molar-refractivity contribution in [3.63, 3.8) is 0 Å². The van der Waals surface area contributed by atoms with Gasteiger partial charge in [0.15, 0.2) is 6.61 Å². The van der Waals surface area contributed by atoms with Crippen LogP contribution >= 0.6 is 0 Å². The molecular formula is C28H28FN3O3. The molecule has 2 aliphatic heterocycles. The summed E-state index contributed by atoms with van der Waals surface area (Å²) in [4.78, 5) is 29.7. The SMILES string of the molecule is O=C(NC1CCN(Cc2ccccc2)CC1)c1ccc2c(c1)N(Cc1ccc(F)cc1)C(=O)CO2. The van der Waals surface area contributed by atoms with Crippen molar-refractivity contribution in [3.8, 4) is 5.75 Å². The molecule has 180 valence electrons. The first kappa shape index (κ1) is 23.1. The normalized spacial score (nSPS) is 16.5. The van der Waals surface area contributed by atoms with Gasteiger partial charge in [0.25, 0.3) is 11.8 Å². The Labute approximate surface area is 204 Å². The summed E-state index contributed by atoms with van der Waals surface area (Å²) in [7, 11) is 0. The van der Waals surface area contributed by atoms with E-state index in [0.29, 0.717) is 17.0 Å². The van der Waals surface area contributed by atoms with E-state index in [0.717, 1.165) is 38.0 Å². The van der Waals surface area contributed by atoms with Gasteiger partial charge in [0.05, 0.1) is 12.2 Å². The van der Waals surface area contributed by atoms with E-state index < -0.39 is 0 Å². The lowest BCUT2D eigenvalue weighted by molar-refractivity contribution is -0.121. The third-order valence-corrected chi connectivity index (χ3v) is 6.59.